The molecule has 0 fully saturated rings. The van der Waals surface area contributed by atoms with E-state index in [0.29, 0.717) is 0 Å². The maximum absolute atomic E-state index is 4.48. The van der Waals surface area contributed by atoms with Gasteiger partial charge in [0.2, 0.25) is 5.95 Å². The van der Waals surface area contributed by atoms with Gasteiger partial charge in [-0.3, -0.25) is 0 Å². The largest absolute Gasteiger partial charge is 0.352 e. The van der Waals surface area contributed by atoms with Crippen LogP contribution >= 0.6 is 31.9 Å². The standard InChI is InChI=1S/C17H15Br2N3/c1-22-16(13-4-8-15(19)9-5-13)11-21-17(22)20-10-12-2-6-14(18)7-3-12/h2-9,11H,10H2,1H3,(H,20,21). The van der Waals surface area contributed by atoms with Crippen LogP contribution in [-0.4, -0.2) is 9.55 Å². The Kier molecular flexibility index (Phi) is 4.64. The molecule has 112 valence electrons. The Morgan fingerprint density at radius 3 is 2.18 bits per heavy atom. The molecule has 0 aliphatic carbocycles. The number of imidazole rings is 1. The number of hydrogen-bond acceptors (Lipinski definition) is 2. The van der Waals surface area contributed by atoms with Crippen LogP contribution in [0.4, 0.5) is 5.95 Å². The van der Waals surface area contributed by atoms with Crippen LogP contribution in [0, 0.1) is 0 Å². The van der Waals surface area contributed by atoms with Crippen LogP contribution in [0.1, 0.15) is 5.56 Å². The molecule has 5 heteroatoms. The molecule has 0 amide bonds. The van der Waals surface area contributed by atoms with Crippen molar-refractivity contribution >= 4 is 37.8 Å². The summed E-state index contributed by atoms with van der Waals surface area (Å²) in [5.41, 5.74) is 3.46. The first-order valence-corrected chi connectivity index (χ1v) is 8.48. The molecule has 3 nitrogen and oxygen atoms in total. The highest BCUT2D eigenvalue weighted by Gasteiger charge is 2.08. The predicted molar refractivity (Wildman–Crippen MR) is 97.8 cm³/mol. The van der Waals surface area contributed by atoms with E-state index >= 15 is 0 Å². The Morgan fingerprint density at radius 2 is 1.55 bits per heavy atom. The van der Waals surface area contributed by atoms with Crippen LogP contribution in [0.5, 0.6) is 0 Å². The molecule has 0 unspecified atom stereocenters. The maximum Gasteiger partial charge on any atom is 0.203 e. The molecule has 0 aliphatic rings. The monoisotopic (exact) mass is 419 g/mol. The van der Waals surface area contributed by atoms with Crippen LogP contribution < -0.4 is 5.32 Å². The predicted octanol–water partition coefficient (Wildman–Crippen LogP) is 5.22. The van der Waals surface area contributed by atoms with Crippen molar-refractivity contribution in [2.45, 2.75) is 6.54 Å². The normalized spacial score (nSPS) is 10.7. The Morgan fingerprint density at radius 1 is 0.955 bits per heavy atom. The fourth-order valence-electron chi connectivity index (χ4n) is 2.25. The molecule has 22 heavy (non-hydrogen) atoms. The highest BCUT2D eigenvalue weighted by atomic mass is 79.9. The molecule has 1 heterocycles. The topological polar surface area (TPSA) is 29.9 Å². The molecule has 0 radical (unpaired) electrons. The molecular formula is C17H15Br2N3. The lowest BCUT2D eigenvalue weighted by molar-refractivity contribution is 0.907. The van der Waals surface area contributed by atoms with Gasteiger partial charge in [0.15, 0.2) is 0 Å². The van der Waals surface area contributed by atoms with Crippen molar-refractivity contribution in [2.75, 3.05) is 5.32 Å². The van der Waals surface area contributed by atoms with Gasteiger partial charge in [-0.05, 0) is 35.4 Å². The minimum absolute atomic E-state index is 0.748. The van der Waals surface area contributed by atoms with Crippen LogP contribution in [0.2, 0.25) is 0 Å². The molecule has 0 aliphatic heterocycles. The number of nitrogens with zero attached hydrogens (tertiary/aromatic N) is 2. The molecular weight excluding hydrogens is 406 g/mol. The minimum Gasteiger partial charge on any atom is -0.352 e. The van der Waals surface area contributed by atoms with Crippen LogP contribution in [0.25, 0.3) is 11.3 Å². The van der Waals surface area contributed by atoms with Gasteiger partial charge in [0.1, 0.15) is 0 Å². The lowest BCUT2D eigenvalue weighted by atomic mass is 10.2. The zero-order valence-electron chi connectivity index (χ0n) is 12.1. The summed E-state index contributed by atoms with van der Waals surface area (Å²) in [7, 11) is 2.02. The summed E-state index contributed by atoms with van der Waals surface area (Å²) in [4.78, 5) is 4.48. The van der Waals surface area contributed by atoms with E-state index in [0.717, 1.165) is 32.7 Å². The average molecular weight is 421 g/mol. The first-order valence-electron chi connectivity index (χ1n) is 6.89. The fourth-order valence-corrected chi connectivity index (χ4v) is 2.77. The molecule has 1 aromatic heterocycles. The van der Waals surface area contributed by atoms with Gasteiger partial charge >= 0.3 is 0 Å². The van der Waals surface area contributed by atoms with Gasteiger partial charge in [0.25, 0.3) is 0 Å². The van der Waals surface area contributed by atoms with Crippen molar-refractivity contribution in [3.8, 4) is 11.3 Å². The second-order valence-corrected chi connectivity index (χ2v) is 6.84. The lowest BCUT2D eigenvalue weighted by Crippen LogP contribution is -2.05. The van der Waals surface area contributed by atoms with E-state index in [1.807, 2.05) is 37.5 Å². The average Bonchev–Trinajstić information content (AvgIpc) is 2.89. The SMILES string of the molecule is Cn1c(-c2ccc(Br)cc2)cnc1NCc1ccc(Br)cc1. The van der Waals surface area contributed by atoms with Crippen molar-refractivity contribution in [1.29, 1.82) is 0 Å². The minimum atomic E-state index is 0.748. The molecule has 0 atom stereocenters. The first-order chi connectivity index (χ1) is 10.6. The van der Waals surface area contributed by atoms with Gasteiger partial charge in [-0.15, -0.1) is 0 Å². The van der Waals surface area contributed by atoms with E-state index in [9.17, 15) is 0 Å². The molecule has 3 aromatic rings. The number of anilines is 1. The van der Waals surface area contributed by atoms with Gasteiger partial charge in [0, 0.05) is 22.5 Å². The number of halogens is 2. The van der Waals surface area contributed by atoms with Crippen molar-refractivity contribution in [3.05, 3.63) is 69.2 Å². The van der Waals surface area contributed by atoms with Gasteiger partial charge < -0.3 is 9.88 Å². The number of benzene rings is 2. The van der Waals surface area contributed by atoms with Crippen LogP contribution in [0.3, 0.4) is 0 Å². The summed E-state index contributed by atoms with van der Waals surface area (Å²) in [5.74, 6) is 0.862. The Labute approximate surface area is 146 Å². The van der Waals surface area contributed by atoms with Crippen molar-refractivity contribution in [3.63, 3.8) is 0 Å². The van der Waals surface area contributed by atoms with E-state index in [4.69, 9.17) is 0 Å². The van der Waals surface area contributed by atoms with Crippen LogP contribution in [-0.2, 0) is 13.6 Å². The van der Waals surface area contributed by atoms with Gasteiger partial charge in [0.05, 0.1) is 11.9 Å². The van der Waals surface area contributed by atoms with Crippen molar-refractivity contribution in [1.82, 2.24) is 9.55 Å². The third kappa shape index (κ3) is 3.42. The molecule has 1 N–H and O–H groups in total. The number of rotatable bonds is 4. The Bertz CT molecular complexity index is 762. The van der Waals surface area contributed by atoms with E-state index in [2.05, 4.69) is 71.0 Å². The van der Waals surface area contributed by atoms with Gasteiger partial charge in [-0.2, -0.15) is 0 Å². The molecule has 0 saturated heterocycles. The van der Waals surface area contributed by atoms with Gasteiger partial charge in [-0.25, -0.2) is 4.98 Å². The zero-order valence-corrected chi connectivity index (χ0v) is 15.2. The van der Waals surface area contributed by atoms with Gasteiger partial charge in [-0.1, -0.05) is 56.1 Å². The Balaban J connectivity index is 1.75. The first kappa shape index (κ1) is 15.3. The zero-order chi connectivity index (χ0) is 15.5. The Hall–Kier alpha value is -1.59. The summed E-state index contributed by atoms with van der Waals surface area (Å²) < 4.78 is 4.24. The summed E-state index contributed by atoms with van der Waals surface area (Å²) in [6.07, 6.45) is 1.90. The van der Waals surface area contributed by atoms with Crippen molar-refractivity contribution in [2.24, 2.45) is 7.05 Å². The summed E-state index contributed by atoms with van der Waals surface area (Å²) in [6.45, 7) is 0.748. The van der Waals surface area contributed by atoms with E-state index in [-0.39, 0.29) is 0 Å². The molecule has 0 saturated carbocycles. The molecule has 0 bridgehead atoms. The van der Waals surface area contributed by atoms with E-state index in [1.165, 1.54) is 5.56 Å². The maximum atomic E-state index is 4.48. The molecule has 2 aromatic carbocycles. The summed E-state index contributed by atoms with van der Waals surface area (Å²) in [6, 6.07) is 16.5. The van der Waals surface area contributed by atoms with Crippen molar-refractivity contribution < 1.29 is 0 Å². The molecule has 0 spiro atoms. The highest BCUT2D eigenvalue weighted by molar-refractivity contribution is 9.10. The summed E-state index contributed by atoms with van der Waals surface area (Å²) in [5, 5.41) is 3.38. The van der Waals surface area contributed by atoms with Crippen LogP contribution in [0.15, 0.2) is 63.7 Å². The lowest BCUT2D eigenvalue weighted by Gasteiger charge is -2.09. The third-order valence-electron chi connectivity index (χ3n) is 3.49. The highest BCUT2D eigenvalue weighted by Crippen LogP contribution is 2.24. The van der Waals surface area contributed by atoms with E-state index in [1.54, 1.807) is 0 Å². The summed E-state index contributed by atoms with van der Waals surface area (Å²) >= 11 is 6.91. The number of hydrogen-bond donors (Lipinski definition) is 1. The number of nitrogens with one attached hydrogen (secondary N) is 1. The second-order valence-electron chi connectivity index (χ2n) is 5.01. The number of aromatic nitrogens is 2. The quantitative estimate of drug-likeness (QED) is 0.626. The smallest absolute Gasteiger partial charge is 0.203 e. The third-order valence-corrected chi connectivity index (χ3v) is 4.55. The fraction of sp³-hybridized carbons (Fsp3) is 0.118. The second kappa shape index (κ2) is 6.67. The van der Waals surface area contributed by atoms with E-state index < -0.39 is 0 Å². The molecule has 3 rings (SSSR count).